The Labute approximate surface area is 146 Å². The standard InChI is InChI=1S/C17H20Cl2N2S/c1-2-13-4-6-16(22-13)17(21-9-7-20-8-10-21)12-3-5-14(18)15(19)11-12/h3-6,11,17,20H,2,7-10H2,1H3. The predicted octanol–water partition coefficient (Wildman–Crippen LogP) is 4.61. The smallest absolute Gasteiger partial charge is 0.0697 e. The second kappa shape index (κ2) is 7.33. The first-order valence-corrected chi connectivity index (χ1v) is 9.24. The molecule has 1 N–H and O–H groups in total. The highest BCUT2D eigenvalue weighted by Crippen LogP contribution is 2.36. The summed E-state index contributed by atoms with van der Waals surface area (Å²) in [6.45, 7) is 6.36. The summed E-state index contributed by atoms with van der Waals surface area (Å²) in [7, 11) is 0. The van der Waals surface area contributed by atoms with Crippen LogP contribution in [-0.4, -0.2) is 31.1 Å². The average molecular weight is 355 g/mol. The van der Waals surface area contributed by atoms with Gasteiger partial charge in [-0.1, -0.05) is 36.2 Å². The number of benzene rings is 1. The number of hydrogen-bond acceptors (Lipinski definition) is 3. The molecule has 1 aliphatic heterocycles. The number of nitrogens with one attached hydrogen (secondary N) is 1. The topological polar surface area (TPSA) is 15.3 Å². The lowest BCUT2D eigenvalue weighted by Gasteiger charge is -2.35. The Morgan fingerprint density at radius 3 is 2.55 bits per heavy atom. The SMILES string of the molecule is CCc1ccc(C(c2ccc(Cl)c(Cl)c2)N2CCNCC2)s1. The van der Waals surface area contributed by atoms with Crippen LogP contribution in [0.2, 0.25) is 10.0 Å². The summed E-state index contributed by atoms with van der Waals surface area (Å²) in [4.78, 5) is 5.34. The molecule has 0 spiro atoms. The fourth-order valence-corrected chi connectivity index (χ4v) is 4.33. The maximum absolute atomic E-state index is 6.26. The van der Waals surface area contributed by atoms with Gasteiger partial charge in [-0.15, -0.1) is 11.3 Å². The summed E-state index contributed by atoms with van der Waals surface area (Å²) in [5.74, 6) is 0. The minimum Gasteiger partial charge on any atom is -0.314 e. The normalized spacial score (nSPS) is 17.6. The van der Waals surface area contributed by atoms with Crippen LogP contribution in [0.5, 0.6) is 0 Å². The lowest BCUT2D eigenvalue weighted by Crippen LogP contribution is -2.45. The Kier molecular flexibility index (Phi) is 5.42. The van der Waals surface area contributed by atoms with E-state index in [1.54, 1.807) is 0 Å². The highest BCUT2D eigenvalue weighted by molar-refractivity contribution is 7.12. The summed E-state index contributed by atoms with van der Waals surface area (Å²) in [6.07, 6.45) is 1.08. The maximum Gasteiger partial charge on any atom is 0.0697 e. The molecular formula is C17H20Cl2N2S. The number of rotatable bonds is 4. The number of piperazine rings is 1. The van der Waals surface area contributed by atoms with Crippen molar-refractivity contribution in [2.24, 2.45) is 0 Å². The maximum atomic E-state index is 6.26. The molecule has 1 aromatic heterocycles. The Balaban J connectivity index is 1.99. The summed E-state index contributed by atoms with van der Waals surface area (Å²) in [5, 5.41) is 4.67. The van der Waals surface area contributed by atoms with Gasteiger partial charge in [0.15, 0.2) is 0 Å². The minimum atomic E-state index is 0.266. The van der Waals surface area contributed by atoms with E-state index in [2.05, 4.69) is 35.3 Å². The van der Waals surface area contributed by atoms with E-state index in [9.17, 15) is 0 Å². The van der Waals surface area contributed by atoms with Crippen LogP contribution in [0.15, 0.2) is 30.3 Å². The first-order chi connectivity index (χ1) is 10.7. The lowest BCUT2D eigenvalue weighted by molar-refractivity contribution is 0.200. The molecule has 1 atom stereocenters. The van der Waals surface area contributed by atoms with E-state index in [0.717, 1.165) is 32.6 Å². The third kappa shape index (κ3) is 3.50. The molecule has 1 fully saturated rings. The van der Waals surface area contributed by atoms with Crippen LogP contribution < -0.4 is 5.32 Å². The predicted molar refractivity (Wildman–Crippen MR) is 96.4 cm³/mol. The van der Waals surface area contributed by atoms with Crippen LogP contribution in [0, 0.1) is 0 Å². The van der Waals surface area contributed by atoms with Gasteiger partial charge in [-0.05, 0) is 36.2 Å². The Hall–Kier alpha value is -0.580. The van der Waals surface area contributed by atoms with Crippen molar-refractivity contribution >= 4 is 34.5 Å². The van der Waals surface area contributed by atoms with E-state index < -0.39 is 0 Å². The van der Waals surface area contributed by atoms with Crippen LogP contribution in [0.3, 0.4) is 0 Å². The third-order valence-corrected chi connectivity index (χ3v) is 6.10. The van der Waals surface area contributed by atoms with Crippen molar-refractivity contribution in [1.82, 2.24) is 10.2 Å². The zero-order valence-electron chi connectivity index (χ0n) is 12.6. The van der Waals surface area contributed by atoms with E-state index >= 15 is 0 Å². The monoisotopic (exact) mass is 354 g/mol. The van der Waals surface area contributed by atoms with Crippen molar-refractivity contribution in [3.05, 3.63) is 55.7 Å². The molecular weight excluding hydrogens is 335 g/mol. The molecule has 1 unspecified atom stereocenters. The third-order valence-electron chi connectivity index (χ3n) is 4.08. The number of thiophene rings is 1. The lowest BCUT2D eigenvalue weighted by atomic mass is 10.0. The van der Waals surface area contributed by atoms with Gasteiger partial charge < -0.3 is 5.32 Å². The van der Waals surface area contributed by atoms with Gasteiger partial charge >= 0.3 is 0 Å². The zero-order chi connectivity index (χ0) is 15.5. The van der Waals surface area contributed by atoms with E-state index in [4.69, 9.17) is 23.2 Å². The van der Waals surface area contributed by atoms with E-state index in [1.807, 2.05) is 23.5 Å². The van der Waals surface area contributed by atoms with Crippen LogP contribution in [0.1, 0.15) is 28.3 Å². The highest BCUT2D eigenvalue weighted by Gasteiger charge is 2.25. The van der Waals surface area contributed by atoms with Crippen LogP contribution in [-0.2, 0) is 6.42 Å². The number of halogens is 2. The van der Waals surface area contributed by atoms with Crippen molar-refractivity contribution in [3.8, 4) is 0 Å². The van der Waals surface area contributed by atoms with Crippen molar-refractivity contribution in [1.29, 1.82) is 0 Å². The molecule has 2 nitrogen and oxygen atoms in total. The fourth-order valence-electron chi connectivity index (χ4n) is 2.91. The first-order valence-electron chi connectivity index (χ1n) is 7.67. The van der Waals surface area contributed by atoms with Gasteiger partial charge in [0, 0.05) is 35.9 Å². The molecule has 0 aliphatic carbocycles. The molecule has 5 heteroatoms. The second-order valence-corrected chi connectivity index (χ2v) is 7.53. The summed E-state index contributed by atoms with van der Waals surface area (Å²) >= 11 is 14.2. The van der Waals surface area contributed by atoms with E-state index in [0.29, 0.717) is 10.0 Å². The zero-order valence-corrected chi connectivity index (χ0v) is 14.9. The average Bonchev–Trinajstić information content (AvgIpc) is 3.01. The number of nitrogens with zero attached hydrogens (tertiary/aromatic N) is 1. The highest BCUT2D eigenvalue weighted by atomic mass is 35.5. The molecule has 0 radical (unpaired) electrons. The first kappa shape index (κ1) is 16.3. The molecule has 2 heterocycles. The Morgan fingerprint density at radius 1 is 1.14 bits per heavy atom. The molecule has 2 aromatic rings. The quantitative estimate of drug-likeness (QED) is 0.862. The summed E-state index contributed by atoms with van der Waals surface area (Å²) in [6, 6.07) is 10.8. The number of aryl methyl sites for hydroxylation is 1. The van der Waals surface area contributed by atoms with Crippen molar-refractivity contribution in [3.63, 3.8) is 0 Å². The summed E-state index contributed by atoms with van der Waals surface area (Å²) < 4.78 is 0. The molecule has 22 heavy (non-hydrogen) atoms. The Morgan fingerprint density at radius 2 is 1.91 bits per heavy atom. The van der Waals surface area contributed by atoms with Gasteiger partial charge in [-0.2, -0.15) is 0 Å². The van der Waals surface area contributed by atoms with Gasteiger partial charge in [-0.25, -0.2) is 0 Å². The summed E-state index contributed by atoms with van der Waals surface area (Å²) in [5.41, 5.74) is 1.22. The van der Waals surface area contributed by atoms with Crippen LogP contribution in [0.25, 0.3) is 0 Å². The van der Waals surface area contributed by atoms with Gasteiger partial charge in [0.1, 0.15) is 0 Å². The van der Waals surface area contributed by atoms with Crippen molar-refractivity contribution < 1.29 is 0 Å². The molecule has 3 rings (SSSR count). The molecule has 1 aromatic carbocycles. The largest absolute Gasteiger partial charge is 0.314 e. The number of hydrogen-bond donors (Lipinski definition) is 1. The minimum absolute atomic E-state index is 0.266. The van der Waals surface area contributed by atoms with Crippen molar-refractivity contribution in [2.45, 2.75) is 19.4 Å². The molecule has 1 saturated heterocycles. The van der Waals surface area contributed by atoms with Crippen molar-refractivity contribution in [2.75, 3.05) is 26.2 Å². The van der Waals surface area contributed by atoms with Crippen LogP contribution >= 0.6 is 34.5 Å². The van der Waals surface area contributed by atoms with E-state index in [-0.39, 0.29) is 6.04 Å². The van der Waals surface area contributed by atoms with Crippen LogP contribution in [0.4, 0.5) is 0 Å². The molecule has 0 saturated carbocycles. The van der Waals surface area contributed by atoms with Gasteiger partial charge in [0.25, 0.3) is 0 Å². The van der Waals surface area contributed by atoms with E-state index in [1.165, 1.54) is 15.3 Å². The fraction of sp³-hybridized carbons (Fsp3) is 0.412. The van der Waals surface area contributed by atoms with Gasteiger partial charge in [0.05, 0.1) is 16.1 Å². The molecule has 1 aliphatic rings. The molecule has 0 amide bonds. The molecule has 0 bridgehead atoms. The second-order valence-electron chi connectivity index (χ2n) is 5.52. The van der Waals surface area contributed by atoms with Gasteiger partial charge in [0.2, 0.25) is 0 Å². The molecule has 118 valence electrons. The Bertz CT molecular complexity index is 635. The van der Waals surface area contributed by atoms with Gasteiger partial charge in [-0.3, -0.25) is 4.90 Å².